The van der Waals surface area contributed by atoms with Crippen molar-refractivity contribution in [1.82, 2.24) is 0 Å². The number of hydrogen-bond acceptors (Lipinski definition) is 3. The lowest BCUT2D eigenvalue weighted by Gasteiger charge is -2.72. The molecule has 0 aromatic heterocycles. The average molecular weight is 499 g/mol. The number of fused-ring (bicyclic) bond motifs is 9. The maximum absolute atomic E-state index is 11.4. The van der Waals surface area contributed by atoms with E-state index in [0.29, 0.717) is 34.7 Å². The van der Waals surface area contributed by atoms with Gasteiger partial charge < -0.3 is 14.6 Å². The molecule has 3 nitrogen and oxygen atoms in total. The van der Waals surface area contributed by atoms with Crippen molar-refractivity contribution in [1.29, 1.82) is 0 Å². The summed E-state index contributed by atoms with van der Waals surface area (Å²) in [5.74, 6) is 1.43. The van der Waals surface area contributed by atoms with Gasteiger partial charge in [-0.3, -0.25) is 0 Å². The Morgan fingerprint density at radius 3 is 2.22 bits per heavy atom. The van der Waals surface area contributed by atoms with E-state index in [2.05, 4.69) is 68.4 Å². The summed E-state index contributed by atoms with van der Waals surface area (Å²) in [6, 6.07) is 0. The molecule has 0 aromatic carbocycles. The minimum Gasteiger partial charge on any atom is -0.393 e. The topological polar surface area (TPSA) is 38.7 Å². The zero-order valence-corrected chi connectivity index (χ0v) is 24.8. The fourth-order valence-electron chi connectivity index (χ4n) is 11.6. The molecular weight excluding hydrogens is 444 g/mol. The molecule has 1 N–H and O–H groups in total. The van der Waals surface area contributed by atoms with Crippen LogP contribution in [0.4, 0.5) is 0 Å². The first-order valence-corrected chi connectivity index (χ1v) is 15.2. The Hall–Kier alpha value is -0.380. The zero-order valence-electron chi connectivity index (χ0n) is 24.8. The molecule has 4 saturated carbocycles. The molecule has 1 saturated heterocycles. The van der Waals surface area contributed by atoms with Gasteiger partial charge >= 0.3 is 0 Å². The normalized spacial score (nSPS) is 57.3. The highest BCUT2D eigenvalue weighted by Gasteiger charge is 2.70. The molecule has 0 bridgehead atoms. The standard InChI is InChI=1S/C33H54O3/c1-27(2)18-22-21-10-11-24-30(6)14-13-26-31(7,20-35-28(3,4)36-26)23(30)12-15-33(24,9)32(21,8)17-16-29(22,5)25(34)19-27/h10,22-26,34H,11-20H2,1-9H3/t22-,23?,24-,25-,26?,29-,30+,31?,32-,33-/m1/s1. The molecular formula is C33H54O3. The van der Waals surface area contributed by atoms with Crippen LogP contribution in [-0.4, -0.2) is 29.7 Å². The molecule has 36 heavy (non-hydrogen) atoms. The second kappa shape index (κ2) is 7.42. The predicted octanol–water partition coefficient (Wildman–Crippen LogP) is 7.91. The van der Waals surface area contributed by atoms with Crippen molar-refractivity contribution >= 4 is 0 Å². The van der Waals surface area contributed by atoms with E-state index in [0.717, 1.165) is 19.4 Å². The number of ether oxygens (including phenoxy) is 2. The summed E-state index contributed by atoms with van der Waals surface area (Å²) in [6.07, 6.45) is 13.7. The molecule has 204 valence electrons. The van der Waals surface area contributed by atoms with Crippen molar-refractivity contribution in [3.63, 3.8) is 0 Å². The van der Waals surface area contributed by atoms with E-state index in [4.69, 9.17) is 9.47 Å². The summed E-state index contributed by atoms with van der Waals surface area (Å²) >= 11 is 0. The second-order valence-corrected chi connectivity index (χ2v) is 16.8. The minimum absolute atomic E-state index is 0.0419. The Balaban J connectivity index is 1.38. The number of aliphatic hydroxyl groups is 1. The SMILES string of the molecule is CC1(C)C[C@@H](O)[C@]2(C)CC[C@]3(C)C(=CC[C@@H]4[C@@]5(C)CCC6OC(C)(C)OCC6(C)C5CC[C@]43C)[C@H]2C1. The first-order valence-electron chi connectivity index (χ1n) is 15.2. The molecule has 0 aromatic rings. The summed E-state index contributed by atoms with van der Waals surface area (Å²) in [5, 5.41) is 11.4. The molecule has 0 amide bonds. The van der Waals surface area contributed by atoms with Gasteiger partial charge in [-0.15, -0.1) is 0 Å². The summed E-state index contributed by atoms with van der Waals surface area (Å²) in [5.41, 5.74) is 2.97. The van der Waals surface area contributed by atoms with Gasteiger partial charge in [-0.1, -0.05) is 60.1 Å². The highest BCUT2D eigenvalue weighted by molar-refractivity contribution is 5.34. The zero-order chi connectivity index (χ0) is 26.2. The Bertz CT molecular complexity index is 966. The molecule has 3 heteroatoms. The Morgan fingerprint density at radius 2 is 1.50 bits per heavy atom. The number of allylic oxidation sites excluding steroid dienone is 2. The molecule has 1 aliphatic heterocycles. The predicted molar refractivity (Wildman–Crippen MR) is 145 cm³/mol. The monoisotopic (exact) mass is 498 g/mol. The van der Waals surface area contributed by atoms with Crippen molar-refractivity contribution < 1.29 is 14.6 Å². The van der Waals surface area contributed by atoms with E-state index in [9.17, 15) is 5.11 Å². The van der Waals surface area contributed by atoms with Crippen LogP contribution in [0.2, 0.25) is 0 Å². The molecule has 0 spiro atoms. The highest BCUT2D eigenvalue weighted by Crippen LogP contribution is 2.76. The molecule has 3 unspecified atom stereocenters. The number of aliphatic hydroxyl groups excluding tert-OH is 1. The van der Waals surface area contributed by atoms with Crippen LogP contribution in [0.1, 0.15) is 120 Å². The summed E-state index contributed by atoms with van der Waals surface area (Å²) in [7, 11) is 0. The molecule has 5 aliphatic carbocycles. The van der Waals surface area contributed by atoms with Gasteiger partial charge in [0.2, 0.25) is 0 Å². The van der Waals surface area contributed by atoms with E-state index in [1.165, 1.54) is 44.9 Å². The summed E-state index contributed by atoms with van der Waals surface area (Å²) < 4.78 is 12.9. The minimum atomic E-state index is -0.454. The highest BCUT2D eigenvalue weighted by atomic mass is 16.7. The van der Waals surface area contributed by atoms with Crippen molar-refractivity contribution in [2.75, 3.05) is 6.61 Å². The van der Waals surface area contributed by atoms with Gasteiger partial charge in [0, 0.05) is 10.8 Å². The Labute approximate surface area is 221 Å². The van der Waals surface area contributed by atoms with E-state index in [-0.39, 0.29) is 27.8 Å². The smallest absolute Gasteiger partial charge is 0.163 e. The van der Waals surface area contributed by atoms with Crippen molar-refractivity contribution in [3.05, 3.63) is 11.6 Å². The number of hydrogen-bond donors (Lipinski definition) is 1. The van der Waals surface area contributed by atoms with E-state index in [1.807, 2.05) is 0 Å². The average Bonchev–Trinajstić information content (AvgIpc) is 2.76. The third-order valence-electron chi connectivity index (χ3n) is 14.0. The van der Waals surface area contributed by atoms with Crippen molar-refractivity contribution in [2.45, 2.75) is 138 Å². The van der Waals surface area contributed by atoms with Crippen LogP contribution < -0.4 is 0 Å². The van der Waals surface area contributed by atoms with Gasteiger partial charge in [-0.05, 0) is 111 Å². The van der Waals surface area contributed by atoms with Gasteiger partial charge in [-0.2, -0.15) is 0 Å². The van der Waals surface area contributed by atoms with E-state index in [1.54, 1.807) is 5.57 Å². The van der Waals surface area contributed by atoms with Crippen molar-refractivity contribution in [2.24, 2.45) is 50.2 Å². The maximum Gasteiger partial charge on any atom is 0.163 e. The van der Waals surface area contributed by atoms with Gasteiger partial charge in [-0.25, -0.2) is 0 Å². The molecule has 6 aliphatic rings. The van der Waals surface area contributed by atoms with Crippen molar-refractivity contribution in [3.8, 4) is 0 Å². The first-order chi connectivity index (χ1) is 16.5. The lowest BCUT2D eigenvalue weighted by atomic mass is 9.33. The largest absolute Gasteiger partial charge is 0.393 e. The Morgan fingerprint density at radius 1 is 0.778 bits per heavy atom. The van der Waals surface area contributed by atoms with E-state index < -0.39 is 5.79 Å². The van der Waals surface area contributed by atoms with Crippen LogP contribution in [0.15, 0.2) is 11.6 Å². The Kier molecular flexibility index (Phi) is 5.33. The van der Waals surface area contributed by atoms with E-state index >= 15 is 0 Å². The lowest BCUT2D eigenvalue weighted by Crippen LogP contribution is -2.68. The second-order valence-electron chi connectivity index (χ2n) is 16.8. The van der Waals surface area contributed by atoms with Crippen LogP contribution in [0.3, 0.4) is 0 Å². The quantitative estimate of drug-likeness (QED) is 0.345. The van der Waals surface area contributed by atoms with Crippen LogP contribution in [0, 0.1) is 50.2 Å². The summed E-state index contributed by atoms with van der Waals surface area (Å²) in [4.78, 5) is 0. The molecule has 0 radical (unpaired) electrons. The van der Waals surface area contributed by atoms with Crippen LogP contribution in [-0.2, 0) is 9.47 Å². The molecule has 10 atom stereocenters. The first kappa shape index (κ1) is 25.9. The number of rotatable bonds is 0. The fraction of sp³-hybridized carbons (Fsp3) is 0.939. The molecule has 1 heterocycles. The lowest BCUT2D eigenvalue weighted by molar-refractivity contribution is -0.351. The van der Waals surface area contributed by atoms with Gasteiger partial charge in [0.25, 0.3) is 0 Å². The molecule has 5 fully saturated rings. The van der Waals surface area contributed by atoms with Crippen LogP contribution in [0.5, 0.6) is 0 Å². The van der Waals surface area contributed by atoms with Crippen LogP contribution in [0.25, 0.3) is 0 Å². The summed E-state index contributed by atoms with van der Waals surface area (Å²) in [6.45, 7) is 22.7. The third-order valence-corrected chi connectivity index (χ3v) is 14.0. The van der Waals surface area contributed by atoms with Gasteiger partial charge in [0.05, 0.1) is 18.8 Å². The fourth-order valence-corrected chi connectivity index (χ4v) is 11.6. The third kappa shape index (κ3) is 3.15. The maximum atomic E-state index is 11.4. The van der Waals surface area contributed by atoms with Crippen LogP contribution >= 0.6 is 0 Å². The van der Waals surface area contributed by atoms with Gasteiger partial charge in [0.1, 0.15) is 0 Å². The van der Waals surface area contributed by atoms with Gasteiger partial charge in [0.15, 0.2) is 5.79 Å². The molecule has 6 rings (SSSR count).